The van der Waals surface area contributed by atoms with Crippen LogP contribution in [0.2, 0.25) is 0 Å². The topological polar surface area (TPSA) is 35.6 Å². The first kappa shape index (κ1) is 28.3. The molecular weight excluding hydrogens is 609 g/mol. The van der Waals surface area contributed by atoms with Crippen molar-refractivity contribution in [2.24, 2.45) is 0 Å². The van der Waals surface area contributed by atoms with E-state index in [0.717, 1.165) is 50.3 Å². The van der Waals surface area contributed by atoms with E-state index >= 15 is 0 Å². The molecule has 3 aromatic heterocycles. The van der Waals surface area contributed by atoms with Gasteiger partial charge in [0.15, 0.2) is 0 Å². The summed E-state index contributed by atoms with van der Waals surface area (Å²) in [6.45, 7) is 0. The fourth-order valence-corrected chi connectivity index (χ4v) is 7.43. The Labute approximate surface area is 289 Å². The summed E-state index contributed by atoms with van der Waals surface area (Å²) in [5.41, 5.74) is 11.7. The molecule has 0 N–H and O–H groups in total. The van der Waals surface area contributed by atoms with Crippen molar-refractivity contribution in [1.29, 1.82) is 0 Å². The van der Waals surface area contributed by atoms with Gasteiger partial charge in [0.2, 0.25) is 5.95 Å². The first-order valence-electron chi connectivity index (χ1n) is 16.9. The zero-order valence-electron chi connectivity index (χ0n) is 27.1. The molecule has 0 atom stereocenters. The first-order valence-corrected chi connectivity index (χ1v) is 16.9. The van der Waals surface area contributed by atoms with E-state index in [1.165, 1.54) is 32.6 Å². The summed E-state index contributed by atoms with van der Waals surface area (Å²) in [6, 6.07) is 64.2. The minimum atomic E-state index is 0.638. The van der Waals surface area contributed by atoms with E-state index in [1.54, 1.807) is 0 Å². The summed E-state index contributed by atoms with van der Waals surface area (Å²) in [7, 11) is 0. The molecule has 10 rings (SSSR count). The van der Waals surface area contributed by atoms with Gasteiger partial charge in [0.1, 0.15) is 0 Å². The highest BCUT2D eigenvalue weighted by molar-refractivity contribution is 6.19. The van der Waals surface area contributed by atoms with Crippen molar-refractivity contribution >= 4 is 43.6 Å². The molecule has 0 aliphatic carbocycles. The molecule has 0 unspecified atom stereocenters. The molecule has 50 heavy (non-hydrogen) atoms. The molecule has 0 amide bonds. The fourth-order valence-electron chi connectivity index (χ4n) is 7.43. The SMILES string of the molecule is c1ccc(-c2cccc(-c3cc(-c4ccccc4)nc(-n4c5ccccc5c5cc6c7ccccc7n(-c7ccccc7)c6cc54)n3)c2)cc1. The maximum atomic E-state index is 5.36. The lowest BCUT2D eigenvalue weighted by atomic mass is 10.0. The van der Waals surface area contributed by atoms with Crippen LogP contribution in [-0.4, -0.2) is 19.1 Å². The summed E-state index contributed by atoms with van der Waals surface area (Å²) in [5.74, 6) is 0.638. The van der Waals surface area contributed by atoms with Crippen molar-refractivity contribution in [3.05, 3.63) is 182 Å². The number of aromatic nitrogens is 4. The van der Waals surface area contributed by atoms with E-state index in [4.69, 9.17) is 9.97 Å². The van der Waals surface area contributed by atoms with Crippen molar-refractivity contribution in [1.82, 2.24) is 19.1 Å². The molecule has 234 valence electrons. The van der Waals surface area contributed by atoms with Crippen LogP contribution in [0.15, 0.2) is 182 Å². The third kappa shape index (κ3) is 4.54. The zero-order valence-corrected chi connectivity index (χ0v) is 27.1. The van der Waals surface area contributed by atoms with Crippen molar-refractivity contribution in [3.8, 4) is 45.3 Å². The number of hydrogen-bond acceptors (Lipinski definition) is 2. The third-order valence-corrected chi connectivity index (χ3v) is 9.73. The van der Waals surface area contributed by atoms with E-state index in [2.05, 4.69) is 185 Å². The summed E-state index contributed by atoms with van der Waals surface area (Å²) in [6.07, 6.45) is 0. The van der Waals surface area contributed by atoms with Gasteiger partial charge in [0, 0.05) is 38.4 Å². The van der Waals surface area contributed by atoms with Crippen LogP contribution in [0.4, 0.5) is 0 Å². The number of nitrogens with zero attached hydrogens (tertiary/aromatic N) is 4. The highest BCUT2D eigenvalue weighted by Gasteiger charge is 2.20. The van der Waals surface area contributed by atoms with Crippen LogP contribution in [-0.2, 0) is 0 Å². The van der Waals surface area contributed by atoms with Crippen molar-refractivity contribution in [2.45, 2.75) is 0 Å². The number of benzene rings is 7. The van der Waals surface area contributed by atoms with Gasteiger partial charge < -0.3 is 4.57 Å². The van der Waals surface area contributed by atoms with Gasteiger partial charge in [-0.25, -0.2) is 9.97 Å². The van der Waals surface area contributed by atoms with Gasteiger partial charge >= 0.3 is 0 Å². The van der Waals surface area contributed by atoms with Gasteiger partial charge in [-0.05, 0) is 59.7 Å². The Bertz CT molecular complexity index is 2850. The van der Waals surface area contributed by atoms with Crippen LogP contribution in [0.3, 0.4) is 0 Å². The molecule has 0 saturated carbocycles. The summed E-state index contributed by atoms with van der Waals surface area (Å²) in [5, 5.41) is 4.79. The summed E-state index contributed by atoms with van der Waals surface area (Å²) < 4.78 is 4.61. The van der Waals surface area contributed by atoms with Crippen LogP contribution in [0.25, 0.3) is 88.9 Å². The standard InChI is InChI=1S/C46H30N4/c1-4-15-31(16-5-1)33-19-14-20-34(27-33)41-29-40(32-17-6-2-7-18-32)47-46(48-41)50-43-26-13-11-24-37(43)39-28-38-36-23-10-12-25-42(36)49(44(38)30-45(39)50)35-21-8-3-9-22-35/h1-30H. The van der Waals surface area contributed by atoms with Crippen molar-refractivity contribution in [3.63, 3.8) is 0 Å². The normalized spacial score (nSPS) is 11.6. The monoisotopic (exact) mass is 638 g/mol. The Balaban J connectivity index is 1.28. The van der Waals surface area contributed by atoms with E-state index in [-0.39, 0.29) is 0 Å². The highest BCUT2D eigenvalue weighted by atomic mass is 15.2. The number of hydrogen-bond donors (Lipinski definition) is 0. The Morgan fingerprint density at radius 1 is 0.300 bits per heavy atom. The minimum Gasteiger partial charge on any atom is -0.309 e. The Morgan fingerprint density at radius 3 is 1.48 bits per heavy atom. The largest absolute Gasteiger partial charge is 0.309 e. The molecule has 7 aromatic carbocycles. The lowest BCUT2D eigenvalue weighted by molar-refractivity contribution is 0.995. The number of rotatable bonds is 5. The second kappa shape index (κ2) is 11.4. The molecule has 4 heteroatoms. The van der Waals surface area contributed by atoms with E-state index < -0.39 is 0 Å². The van der Waals surface area contributed by atoms with Gasteiger partial charge in [-0.15, -0.1) is 0 Å². The molecule has 0 bridgehead atoms. The van der Waals surface area contributed by atoms with Crippen LogP contribution in [0.1, 0.15) is 0 Å². The van der Waals surface area contributed by atoms with Crippen molar-refractivity contribution < 1.29 is 0 Å². The quantitative estimate of drug-likeness (QED) is 0.188. The predicted octanol–water partition coefficient (Wildman–Crippen LogP) is 11.7. The molecule has 0 aliphatic rings. The maximum absolute atomic E-state index is 5.36. The Morgan fingerprint density at radius 2 is 0.800 bits per heavy atom. The molecule has 10 aromatic rings. The molecule has 0 saturated heterocycles. The lowest BCUT2D eigenvalue weighted by Crippen LogP contribution is -2.04. The zero-order chi connectivity index (χ0) is 33.0. The summed E-state index contributed by atoms with van der Waals surface area (Å²) >= 11 is 0. The fraction of sp³-hybridized carbons (Fsp3) is 0. The maximum Gasteiger partial charge on any atom is 0.235 e. The van der Waals surface area contributed by atoms with Crippen LogP contribution < -0.4 is 0 Å². The summed E-state index contributed by atoms with van der Waals surface area (Å²) in [4.78, 5) is 10.7. The van der Waals surface area contributed by atoms with Crippen LogP contribution >= 0.6 is 0 Å². The van der Waals surface area contributed by atoms with Gasteiger partial charge in [0.05, 0.1) is 33.5 Å². The average Bonchev–Trinajstić information content (AvgIpc) is 3.70. The molecule has 0 radical (unpaired) electrons. The number of fused-ring (bicyclic) bond motifs is 6. The second-order valence-electron chi connectivity index (χ2n) is 12.7. The molecule has 0 aliphatic heterocycles. The lowest BCUT2D eigenvalue weighted by Gasteiger charge is -2.13. The Kier molecular flexibility index (Phi) is 6.46. The molecule has 0 spiro atoms. The van der Waals surface area contributed by atoms with Gasteiger partial charge in [0.25, 0.3) is 0 Å². The molecule has 4 nitrogen and oxygen atoms in total. The second-order valence-corrected chi connectivity index (χ2v) is 12.7. The molecule has 0 fully saturated rings. The van der Waals surface area contributed by atoms with E-state index in [0.29, 0.717) is 5.95 Å². The first-order chi connectivity index (χ1) is 24.8. The van der Waals surface area contributed by atoms with Gasteiger partial charge in [-0.3, -0.25) is 4.57 Å². The van der Waals surface area contributed by atoms with Crippen molar-refractivity contribution in [2.75, 3.05) is 0 Å². The average molecular weight is 639 g/mol. The Hall–Kier alpha value is -6.78. The van der Waals surface area contributed by atoms with Gasteiger partial charge in [-0.1, -0.05) is 133 Å². The molecule has 3 heterocycles. The van der Waals surface area contributed by atoms with E-state index in [9.17, 15) is 0 Å². The third-order valence-electron chi connectivity index (χ3n) is 9.73. The van der Waals surface area contributed by atoms with E-state index in [1.807, 2.05) is 6.07 Å². The minimum absolute atomic E-state index is 0.638. The van der Waals surface area contributed by atoms with Gasteiger partial charge in [-0.2, -0.15) is 0 Å². The van der Waals surface area contributed by atoms with Crippen LogP contribution in [0, 0.1) is 0 Å². The predicted molar refractivity (Wildman–Crippen MR) is 207 cm³/mol. The number of para-hydroxylation sites is 3. The highest BCUT2D eigenvalue weighted by Crippen LogP contribution is 2.40. The smallest absolute Gasteiger partial charge is 0.235 e. The van der Waals surface area contributed by atoms with Crippen LogP contribution in [0.5, 0.6) is 0 Å². The molecular formula is C46H30N4.